The Bertz CT molecular complexity index is 1070. The topological polar surface area (TPSA) is 81.4 Å². The molecule has 6 nitrogen and oxygen atoms in total. The van der Waals surface area contributed by atoms with Gasteiger partial charge in [-0.2, -0.15) is 0 Å². The van der Waals surface area contributed by atoms with E-state index in [1.807, 2.05) is 50.2 Å². The average Bonchev–Trinajstić information content (AvgIpc) is 3.42. The van der Waals surface area contributed by atoms with Gasteiger partial charge in [0.2, 0.25) is 5.89 Å². The van der Waals surface area contributed by atoms with E-state index in [2.05, 4.69) is 10.3 Å². The highest BCUT2D eigenvalue weighted by Crippen LogP contribution is 2.24. The van der Waals surface area contributed by atoms with Crippen LogP contribution < -0.4 is 5.32 Å². The van der Waals surface area contributed by atoms with Gasteiger partial charge in [-0.1, -0.05) is 17.7 Å². The van der Waals surface area contributed by atoms with Gasteiger partial charge in [0.25, 0.3) is 5.91 Å². The van der Waals surface area contributed by atoms with Crippen molar-refractivity contribution in [3.8, 4) is 11.5 Å². The molecule has 2 aromatic carbocycles. The second kappa shape index (κ2) is 9.58. The minimum absolute atomic E-state index is 0.113. The van der Waals surface area contributed by atoms with Gasteiger partial charge in [0.15, 0.2) is 0 Å². The van der Waals surface area contributed by atoms with Crippen molar-refractivity contribution in [2.24, 2.45) is 0 Å². The van der Waals surface area contributed by atoms with Crippen LogP contribution in [0.2, 0.25) is 0 Å². The van der Waals surface area contributed by atoms with Gasteiger partial charge in [0, 0.05) is 29.2 Å². The predicted molar refractivity (Wildman–Crippen MR) is 119 cm³/mol. The van der Waals surface area contributed by atoms with Crippen molar-refractivity contribution >= 4 is 16.7 Å². The van der Waals surface area contributed by atoms with Gasteiger partial charge in [-0.3, -0.25) is 9.00 Å². The Hall–Kier alpha value is -2.77. The molecular formula is C24H26N2O4S. The summed E-state index contributed by atoms with van der Waals surface area (Å²) in [4.78, 5) is 17.7. The first-order valence-electron chi connectivity index (χ1n) is 10.4. The van der Waals surface area contributed by atoms with E-state index in [-0.39, 0.29) is 12.0 Å². The lowest BCUT2D eigenvalue weighted by Crippen LogP contribution is -2.31. The molecule has 0 saturated carbocycles. The summed E-state index contributed by atoms with van der Waals surface area (Å²) in [6.45, 7) is 5.12. The number of benzene rings is 2. The molecule has 162 valence electrons. The lowest BCUT2D eigenvalue weighted by molar-refractivity contribution is 0.0858. The van der Waals surface area contributed by atoms with Crippen LogP contribution in [0, 0.1) is 13.8 Å². The molecule has 0 unspecified atom stereocenters. The zero-order chi connectivity index (χ0) is 21.8. The molecule has 1 aromatic heterocycles. The highest BCUT2D eigenvalue weighted by Gasteiger charge is 2.18. The van der Waals surface area contributed by atoms with Crippen molar-refractivity contribution in [3.63, 3.8) is 0 Å². The van der Waals surface area contributed by atoms with Crippen LogP contribution in [0.3, 0.4) is 0 Å². The standard InChI is InChI=1S/C24H26N2O4S/c1-16-5-11-21(12-6-16)31(28)15-22-17(2)30-24(26-22)19-9-7-18(8-10-19)23(27)25-14-20-4-3-13-29-20/h5-12,20H,3-4,13-15H2,1-2H3,(H,25,27)/t20-,31-/m1/s1. The summed E-state index contributed by atoms with van der Waals surface area (Å²) < 4.78 is 24.0. The summed E-state index contributed by atoms with van der Waals surface area (Å²) >= 11 is 0. The fraction of sp³-hybridized carbons (Fsp3) is 0.333. The van der Waals surface area contributed by atoms with Crippen molar-refractivity contribution in [3.05, 3.63) is 71.1 Å². The zero-order valence-electron chi connectivity index (χ0n) is 17.7. The van der Waals surface area contributed by atoms with Crippen LogP contribution >= 0.6 is 0 Å². The predicted octanol–water partition coefficient (Wildman–Crippen LogP) is 4.18. The number of aryl methyl sites for hydroxylation is 2. The molecule has 1 aliphatic rings. The van der Waals surface area contributed by atoms with Gasteiger partial charge in [-0.05, 0) is 63.1 Å². The molecule has 0 bridgehead atoms. The van der Waals surface area contributed by atoms with Crippen LogP contribution in [0.25, 0.3) is 11.5 Å². The normalized spacial score (nSPS) is 16.9. The number of oxazole rings is 1. The fourth-order valence-electron chi connectivity index (χ4n) is 3.46. The van der Waals surface area contributed by atoms with Gasteiger partial charge in [0.05, 0.1) is 28.4 Å². The smallest absolute Gasteiger partial charge is 0.251 e. The first-order valence-corrected chi connectivity index (χ1v) is 11.7. The molecular weight excluding hydrogens is 412 g/mol. The summed E-state index contributed by atoms with van der Waals surface area (Å²) in [6.07, 6.45) is 2.15. The summed E-state index contributed by atoms with van der Waals surface area (Å²) in [6, 6.07) is 14.8. The van der Waals surface area contributed by atoms with E-state index < -0.39 is 10.8 Å². The van der Waals surface area contributed by atoms with E-state index in [4.69, 9.17) is 9.15 Å². The van der Waals surface area contributed by atoms with E-state index in [0.717, 1.165) is 35.5 Å². The molecule has 4 rings (SSSR count). The first kappa shape index (κ1) is 21.5. The van der Waals surface area contributed by atoms with Gasteiger partial charge in [-0.25, -0.2) is 4.98 Å². The van der Waals surface area contributed by atoms with E-state index >= 15 is 0 Å². The maximum absolute atomic E-state index is 12.7. The molecule has 2 atom stereocenters. The number of ether oxygens (including phenoxy) is 1. The highest BCUT2D eigenvalue weighted by molar-refractivity contribution is 7.84. The number of carbonyl (C=O) groups is 1. The number of carbonyl (C=O) groups excluding carboxylic acids is 1. The van der Waals surface area contributed by atoms with Gasteiger partial charge in [-0.15, -0.1) is 0 Å². The molecule has 0 aliphatic carbocycles. The second-order valence-corrected chi connectivity index (χ2v) is 9.20. The van der Waals surface area contributed by atoms with Crippen molar-refractivity contribution in [1.29, 1.82) is 0 Å². The molecule has 0 radical (unpaired) electrons. The van der Waals surface area contributed by atoms with Crippen LogP contribution in [-0.4, -0.2) is 34.4 Å². The average molecular weight is 439 g/mol. The number of rotatable bonds is 7. The van der Waals surface area contributed by atoms with E-state index in [0.29, 0.717) is 35.2 Å². The second-order valence-electron chi connectivity index (χ2n) is 7.75. The number of hydrogen-bond donors (Lipinski definition) is 1. The van der Waals surface area contributed by atoms with Crippen LogP contribution in [-0.2, 0) is 21.3 Å². The minimum atomic E-state index is -1.20. The van der Waals surface area contributed by atoms with Crippen molar-refractivity contribution in [1.82, 2.24) is 10.3 Å². The molecule has 1 aliphatic heterocycles. The third-order valence-electron chi connectivity index (χ3n) is 5.35. The van der Waals surface area contributed by atoms with E-state index in [1.165, 1.54) is 0 Å². The molecule has 3 aromatic rings. The summed E-state index contributed by atoms with van der Waals surface area (Å²) in [7, 11) is -1.20. The Morgan fingerprint density at radius 2 is 1.87 bits per heavy atom. The lowest BCUT2D eigenvalue weighted by Gasteiger charge is -2.10. The molecule has 7 heteroatoms. The molecule has 2 heterocycles. The molecule has 1 fully saturated rings. The van der Waals surface area contributed by atoms with Gasteiger partial charge >= 0.3 is 0 Å². The number of hydrogen-bond acceptors (Lipinski definition) is 5. The molecule has 1 saturated heterocycles. The van der Waals surface area contributed by atoms with Crippen molar-refractivity contribution in [2.45, 2.75) is 43.4 Å². The quantitative estimate of drug-likeness (QED) is 0.599. The Balaban J connectivity index is 1.41. The molecule has 1 amide bonds. The zero-order valence-corrected chi connectivity index (χ0v) is 18.5. The molecule has 31 heavy (non-hydrogen) atoms. The monoisotopic (exact) mass is 438 g/mol. The fourth-order valence-corrected chi connectivity index (χ4v) is 4.58. The Morgan fingerprint density at radius 1 is 1.13 bits per heavy atom. The number of aromatic nitrogens is 1. The summed E-state index contributed by atoms with van der Waals surface area (Å²) in [5, 5.41) is 2.92. The third kappa shape index (κ3) is 5.29. The maximum atomic E-state index is 12.7. The third-order valence-corrected chi connectivity index (χ3v) is 6.69. The Morgan fingerprint density at radius 3 is 2.55 bits per heavy atom. The van der Waals surface area contributed by atoms with Crippen LogP contribution in [0.1, 0.15) is 40.2 Å². The number of amides is 1. The summed E-state index contributed by atoms with van der Waals surface area (Å²) in [5.41, 5.74) is 3.15. The SMILES string of the molecule is Cc1ccc([S@](=O)Cc2nc(-c3ccc(C(=O)NC[C@H]4CCCO4)cc3)oc2C)cc1. The number of nitrogens with one attached hydrogen (secondary N) is 1. The minimum Gasteiger partial charge on any atom is -0.441 e. The van der Waals surface area contributed by atoms with Crippen LogP contribution in [0.5, 0.6) is 0 Å². The lowest BCUT2D eigenvalue weighted by atomic mass is 10.1. The van der Waals surface area contributed by atoms with E-state index in [1.54, 1.807) is 12.1 Å². The molecule has 0 spiro atoms. The highest BCUT2D eigenvalue weighted by atomic mass is 32.2. The summed E-state index contributed by atoms with van der Waals surface area (Å²) in [5.74, 6) is 1.27. The van der Waals surface area contributed by atoms with Gasteiger partial charge in [0.1, 0.15) is 5.76 Å². The van der Waals surface area contributed by atoms with Crippen LogP contribution in [0.15, 0.2) is 57.8 Å². The Labute approximate surface area is 184 Å². The van der Waals surface area contributed by atoms with Crippen molar-refractivity contribution < 1.29 is 18.2 Å². The number of nitrogens with zero attached hydrogens (tertiary/aromatic N) is 1. The largest absolute Gasteiger partial charge is 0.441 e. The van der Waals surface area contributed by atoms with Crippen LogP contribution in [0.4, 0.5) is 0 Å². The molecule has 1 N–H and O–H groups in total. The van der Waals surface area contributed by atoms with E-state index in [9.17, 15) is 9.00 Å². The maximum Gasteiger partial charge on any atom is 0.251 e. The first-order chi connectivity index (χ1) is 15.0. The van der Waals surface area contributed by atoms with Gasteiger partial charge < -0.3 is 14.5 Å². The van der Waals surface area contributed by atoms with Crippen molar-refractivity contribution in [2.75, 3.05) is 13.2 Å². The Kier molecular flexibility index (Phi) is 6.63.